The van der Waals surface area contributed by atoms with Gasteiger partial charge in [0, 0.05) is 12.4 Å². The van der Waals surface area contributed by atoms with E-state index in [4.69, 9.17) is 25.2 Å². The fourth-order valence-electron chi connectivity index (χ4n) is 2.23. The minimum Gasteiger partial charge on any atom is -0.481 e. The quantitative estimate of drug-likeness (QED) is 0.313. The molecule has 1 aromatic rings. The Hall–Kier alpha value is -3.05. The lowest BCUT2D eigenvalue weighted by Gasteiger charge is -2.25. The van der Waals surface area contributed by atoms with E-state index in [0.29, 0.717) is 5.56 Å². The molecule has 0 radical (unpaired) electrons. The van der Waals surface area contributed by atoms with Gasteiger partial charge in [0.05, 0.1) is 18.4 Å². The summed E-state index contributed by atoms with van der Waals surface area (Å²) in [5.41, 5.74) is -2.25. The average Bonchev–Trinajstić information content (AvgIpc) is 2.62. The molecule has 0 saturated heterocycles. The van der Waals surface area contributed by atoms with E-state index in [1.165, 1.54) is 6.20 Å². The number of carbonyl (C=O) groups is 4. The third kappa shape index (κ3) is 9.63. The summed E-state index contributed by atoms with van der Waals surface area (Å²) in [5.74, 6) is -5.35. The van der Waals surface area contributed by atoms with E-state index in [9.17, 15) is 19.2 Å². The first-order valence-corrected chi connectivity index (χ1v) is 8.71. The van der Waals surface area contributed by atoms with Crippen molar-refractivity contribution >= 4 is 23.9 Å². The number of rotatable bonds is 10. The smallest absolute Gasteiger partial charge is 0.341 e. The van der Waals surface area contributed by atoms with Gasteiger partial charge in [-0.05, 0) is 32.1 Å². The Morgan fingerprint density at radius 3 is 1.97 bits per heavy atom. The van der Waals surface area contributed by atoms with Gasteiger partial charge < -0.3 is 25.2 Å². The van der Waals surface area contributed by atoms with E-state index in [1.807, 2.05) is 20.8 Å². The Labute approximate surface area is 167 Å². The van der Waals surface area contributed by atoms with Crippen LogP contribution in [-0.4, -0.2) is 79.1 Å². The van der Waals surface area contributed by atoms with Crippen molar-refractivity contribution in [3.05, 3.63) is 30.1 Å². The van der Waals surface area contributed by atoms with Crippen LogP contribution in [0.3, 0.4) is 0 Å². The number of carboxylic acid groups (broad SMARTS) is 3. The third-order valence-corrected chi connectivity index (χ3v) is 3.79. The number of carboxylic acids is 3. The highest BCUT2D eigenvalue weighted by Gasteiger charge is 2.40. The van der Waals surface area contributed by atoms with E-state index in [0.717, 1.165) is 13.1 Å². The molecule has 29 heavy (non-hydrogen) atoms. The molecule has 0 aliphatic carbocycles. The average molecular weight is 414 g/mol. The molecule has 0 aliphatic heterocycles. The van der Waals surface area contributed by atoms with Gasteiger partial charge in [0.15, 0.2) is 11.8 Å². The van der Waals surface area contributed by atoms with Gasteiger partial charge in [-0.3, -0.25) is 19.5 Å². The molecule has 0 aromatic carbocycles. The molecule has 1 aromatic heterocycles. The number of pyridine rings is 1. The molecular formula is C18H26N2O9. The summed E-state index contributed by atoms with van der Waals surface area (Å²) in [5, 5.41) is 33.8. The fourth-order valence-corrected chi connectivity index (χ4v) is 2.23. The highest BCUT2D eigenvalue weighted by atomic mass is 16.6. The van der Waals surface area contributed by atoms with Gasteiger partial charge in [-0.25, -0.2) is 9.59 Å². The van der Waals surface area contributed by atoms with E-state index >= 15 is 0 Å². The maximum Gasteiger partial charge on any atom is 0.341 e. The molecule has 1 atom stereocenters. The second-order valence-corrected chi connectivity index (χ2v) is 5.95. The van der Waals surface area contributed by atoms with E-state index in [2.05, 4.69) is 9.88 Å². The lowest BCUT2D eigenvalue weighted by molar-refractivity contribution is -0.170. The van der Waals surface area contributed by atoms with Crippen LogP contribution < -0.4 is 0 Å². The summed E-state index contributed by atoms with van der Waals surface area (Å²) in [4.78, 5) is 48.1. The summed E-state index contributed by atoms with van der Waals surface area (Å²) < 4.78 is 5.33. The molecular weight excluding hydrogens is 388 g/mol. The predicted molar refractivity (Wildman–Crippen MR) is 99.1 cm³/mol. The van der Waals surface area contributed by atoms with Crippen molar-refractivity contribution in [3.8, 4) is 0 Å². The standard InChI is InChI=1S/C12H18N2O2.C6H8O7/c1-4-14(5-2)10(3)16-12(15)11-7-6-8-13-9-11;7-3(8)1-6(13,5(11)12)2-4(9)10/h6-10H,4-5H2,1-3H3;13H,1-2H2,(H,7,8)(H,9,10)(H,11,12). The molecule has 0 amide bonds. The molecule has 11 heteroatoms. The Kier molecular flexibility index (Phi) is 11.1. The van der Waals surface area contributed by atoms with Gasteiger partial charge in [0.25, 0.3) is 0 Å². The van der Waals surface area contributed by atoms with Crippen LogP contribution in [0.2, 0.25) is 0 Å². The highest BCUT2D eigenvalue weighted by molar-refractivity contribution is 5.89. The Morgan fingerprint density at radius 1 is 1.10 bits per heavy atom. The zero-order chi connectivity index (χ0) is 22.6. The fraction of sp³-hybridized carbons (Fsp3) is 0.500. The molecule has 162 valence electrons. The van der Waals surface area contributed by atoms with Crippen molar-refractivity contribution in [2.45, 2.75) is 45.4 Å². The van der Waals surface area contributed by atoms with E-state index < -0.39 is 36.4 Å². The second kappa shape index (κ2) is 12.4. The summed E-state index contributed by atoms with van der Waals surface area (Å²) >= 11 is 0. The third-order valence-electron chi connectivity index (χ3n) is 3.79. The maximum absolute atomic E-state index is 11.7. The first-order chi connectivity index (χ1) is 13.5. The number of aromatic nitrogens is 1. The van der Waals surface area contributed by atoms with Crippen LogP contribution in [0, 0.1) is 0 Å². The van der Waals surface area contributed by atoms with Crippen molar-refractivity contribution in [3.63, 3.8) is 0 Å². The van der Waals surface area contributed by atoms with Gasteiger partial charge in [-0.15, -0.1) is 0 Å². The topological polar surface area (TPSA) is 175 Å². The molecule has 0 bridgehead atoms. The molecule has 0 spiro atoms. The summed E-state index contributed by atoms with van der Waals surface area (Å²) in [7, 11) is 0. The molecule has 0 saturated carbocycles. The Balaban J connectivity index is 0.000000555. The van der Waals surface area contributed by atoms with Crippen LogP contribution in [0.15, 0.2) is 24.5 Å². The van der Waals surface area contributed by atoms with Gasteiger partial charge >= 0.3 is 23.9 Å². The first kappa shape index (κ1) is 26.0. The monoisotopic (exact) mass is 414 g/mol. The van der Waals surface area contributed by atoms with Crippen LogP contribution in [0.1, 0.15) is 44.0 Å². The zero-order valence-corrected chi connectivity index (χ0v) is 16.4. The number of aliphatic carboxylic acids is 3. The lowest BCUT2D eigenvalue weighted by Crippen LogP contribution is -2.42. The van der Waals surface area contributed by atoms with Crippen molar-refractivity contribution in [1.29, 1.82) is 0 Å². The normalized spacial score (nSPS) is 11.8. The molecule has 1 heterocycles. The number of esters is 1. The largest absolute Gasteiger partial charge is 0.481 e. The van der Waals surface area contributed by atoms with Crippen LogP contribution in [0.4, 0.5) is 0 Å². The lowest BCUT2D eigenvalue weighted by atomic mass is 9.96. The summed E-state index contributed by atoms with van der Waals surface area (Å²) in [6.45, 7) is 7.67. The zero-order valence-electron chi connectivity index (χ0n) is 16.4. The predicted octanol–water partition coefficient (Wildman–Crippen LogP) is 0.678. The SMILES string of the molecule is CCN(CC)C(C)OC(=O)c1cccnc1.O=C(O)CC(O)(CC(=O)O)C(=O)O. The van der Waals surface area contributed by atoms with Crippen molar-refractivity contribution < 1.29 is 44.3 Å². The van der Waals surface area contributed by atoms with Gasteiger partial charge in [0.2, 0.25) is 0 Å². The number of carbonyl (C=O) groups excluding carboxylic acids is 1. The minimum absolute atomic E-state index is 0.206. The molecule has 1 unspecified atom stereocenters. The van der Waals surface area contributed by atoms with E-state index in [-0.39, 0.29) is 12.2 Å². The Bertz CT molecular complexity index is 674. The van der Waals surface area contributed by atoms with Crippen LogP contribution in [0.25, 0.3) is 0 Å². The van der Waals surface area contributed by atoms with Crippen molar-refractivity contribution in [2.24, 2.45) is 0 Å². The highest BCUT2D eigenvalue weighted by Crippen LogP contribution is 2.15. The van der Waals surface area contributed by atoms with Crippen LogP contribution in [-0.2, 0) is 19.1 Å². The number of hydrogen-bond acceptors (Lipinski definition) is 8. The molecule has 0 aliphatic rings. The summed E-state index contributed by atoms with van der Waals surface area (Å²) in [6.07, 6.45) is 0.647. The summed E-state index contributed by atoms with van der Waals surface area (Å²) in [6, 6.07) is 3.42. The van der Waals surface area contributed by atoms with Crippen LogP contribution in [0.5, 0.6) is 0 Å². The Morgan fingerprint density at radius 2 is 1.62 bits per heavy atom. The molecule has 11 nitrogen and oxygen atoms in total. The van der Waals surface area contributed by atoms with E-state index in [1.54, 1.807) is 18.3 Å². The van der Waals surface area contributed by atoms with Crippen molar-refractivity contribution in [1.82, 2.24) is 9.88 Å². The van der Waals surface area contributed by atoms with Gasteiger partial charge in [-0.1, -0.05) is 13.8 Å². The second-order valence-electron chi connectivity index (χ2n) is 5.95. The van der Waals surface area contributed by atoms with Gasteiger partial charge in [-0.2, -0.15) is 0 Å². The maximum atomic E-state index is 11.7. The minimum atomic E-state index is -2.74. The molecule has 4 N–H and O–H groups in total. The number of ether oxygens (including phenoxy) is 1. The number of hydrogen-bond donors (Lipinski definition) is 4. The molecule has 1 rings (SSSR count). The van der Waals surface area contributed by atoms with Gasteiger partial charge in [0.1, 0.15) is 0 Å². The number of nitrogens with zero attached hydrogens (tertiary/aromatic N) is 2. The van der Waals surface area contributed by atoms with Crippen LogP contribution >= 0.6 is 0 Å². The number of aliphatic hydroxyl groups is 1. The van der Waals surface area contributed by atoms with Crippen molar-refractivity contribution in [2.75, 3.05) is 13.1 Å². The first-order valence-electron chi connectivity index (χ1n) is 8.71. The molecule has 0 fully saturated rings.